The summed E-state index contributed by atoms with van der Waals surface area (Å²) in [5.74, 6) is 0.579. The van der Waals surface area contributed by atoms with E-state index in [9.17, 15) is 9.59 Å². The van der Waals surface area contributed by atoms with E-state index in [2.05, 4.69) is 15.3 Å². The number of aromatic nitrogens is 2. The molecule has 7 nitrogen and oxygen atoms in total. The molecule has 27 heavy (non-hydrogen) atoms. The summed E-state index contributed by atoms with van der Waals surface area (Å²) < 4.78 is 5.52. The number of nitrogens with one attached hydrogen (secondary N) is 1. The first kappa shape index (κ1) is 18.8. The first-order valence-electron chi connectivity index (χ1n) is 9.20. The van der Waals surface area contributed by atoms with E-state index < -0.39 is 0 Å². The Kier molecular flexibility index (Phi) is 6.73. The molecule has 0 aromatic carbocycles. The minimum atomic E-state index is -0.176. The Morgan fingerprint density at radius 2 is 2.19 bits per heavy atom. The van der Waals surface area contributed by atoms with Crippen LogP contribution >= 0.6 is 0 Å². The molecular weight excluding hydrogens is 344 g/mol. The van der Waals surface area contributed by atoms with E-state index in [1.165, 1.54) is 0 Å². The fourth-order valence-corrected chi connectivity index (χ4v) is 3.06. The van der Waals surface area contributed by atoms with Crippen molar-refractivity contribution in [3.8, 4) is 5.75 Å². The molecule has 2 aromatic rings. The van der Waals surface area contributed by atoms with Gasteiger partial charge >= 0.3 is 0 Å². The van der Waals surface area contributed by atoms with E-state index >= 15 is 0 Å². The second kappa shape index (κ2) is 9.66. The molecular formula is C20H24N4O3. The highest BCUT2D eigenvalue weighted by atomic mass is 16.5. The van der Waals surface area contributed by atoms with Crippen LogP contribution < -0.4 is 10.1 Å². The third kappa shape index (κ3) is 5.77. The second-order valence-electron chi connectivity index (χ2n) is 6.47. The molecule has 3 heterocycles. The third-order valence-electron chi connectivity index (χ3n) is 4.54. The van der Waals surface area contributed by atoms with Gasteiger partial charge in [-0.25, -0.2) is 0 Å². The van der Waals surface area contributed by atoms with Crippen molar-refractivity contribution in [2.45, 2.75) is 19.3 Å². The fourth-order valence-electron chi connectivity index (χ4n) is 3.06. The number of ether oxygens (including phenoxy) is 1. The highest BCUT2D eigenvalue weighted by Crippen LogP contribution is 2.18. The van der Waals surface area contributed by atoms with Crippen molar-refractivity contribution in [3.63, 3.8) is 0 Å². The topological polar surface area (TPSA) is 84.4 Å². The van der Waals surface area contributed by atoms with Gasteiger partial charge < -0.3 is 15.0 Å². The highest BCUT2D eigenvalue weighted by molar-refractivity contribution is 5.83. The number of rotatable bonds is 8. The van der Waals surface area contributed by atoms with Gasteiger partial charge in [0.2, 0.25) is 11.8 Å². The van der Waals surface area contributed by atoms with Crippen LogP contribution in [0.4, 0.5) is 0 Å². The van der Waals surface area contributed by atoms with E-state index in [-0.39, 0.29) is 17.7 Å². The Morgan fingerprint density at radius 1 is 1.26 bits per heavy atom. The van der Waals surface area contributed by atoms with E-state index in [4.69, 9.17) is 4.74 Å². The molecule has 0 radical (unpaired) electrons. The van der Waals surface area contributed by atoms with Crippen molar-refractivity contribution in [2.24, 2.45) is 5.92 Å². The summed E-state index contributed by atoms with van der Waals surface area (Å²) in [4.78, 5) is 34.6. The van der Waals surface area contributed by atoms with Crippen LogP contribution in [0.25, 0.3) is 0 Å². The normalized spacial score (nSPS) is 16.8. The van der Waals surface area contributed by atoms with Gasteiger partial charge in [0.15, 0.2) is 0 Å². The Bertz CT molecular complexity index is 739. The van der Waals surface area contributed by atoms with Gasteiger partial charge in [-0.1, -0.05) is 6.07 Å². The molecule has 3 rings (SSSR count). The highest BCUT2D eigenvalue weighted by Gasteiger charge is 2.29. The zero-order chi connectivity index (χ0) is 18.9. The molecule has 0 saturated carbocycles. The van der Waals surface area contributed by atoms with E-state index in [0.717, 1.165) is 5.69 Å². The summed E-state index contributed by atoms with van der Waals surface area (Å²) >= 11 is 0. The van der Waals surface area contributed by atoms with Crippen molar-refractivity contribution < 1.29 is 14.3 Å². The molecule has 1 N–H and O–H groups in total. The summed E-state index contributed by atoms with van der Waals surface area (Å²) in [6.45, 7) is 1.85. The van der Waals surface area contributed by atoms with Crippen LogP contribution in [0.15, 0.2) is 48.9 Å². The van der Waals surface area contributed by atoms with Crippen molar-refractivity contribution >= 4 is 11.8 Å². The maximum absolute atomic E-state index is 12.4. The summed E-state index contributed by atoms with van der Waals surface area (Å²) in [5.41, 5.74) is 0.949. The van der Waals surface area contributed by atoms with Gasteiger partial charge in [0.05, 0.1) is 18.7 Å². The predicted molar refractivity (Wildman–Crippen MR) is 100.0 cm³/mol. The Labute approximate surface area is 158 Å². The van der Waals surface area contributed by atoms with Crippen molar-refractivity contribution in [1.82, 2.24) is 20.2 Å². The van der Waals surface area contributed by atoms with Crippen LogP contribution in [0.5, 0.6) is 5.75 Å². The summed E-state index contributed by atoms with van der Waals surface area (Å²) in [7, 11) is 0. The zero-order valence-electron chi connectivity index (χ0n) is 15.2. The van der Waals surface area contributed by atoms with E-state index in [1.807, 2.05) is 24.3 Å². The second-order valence-corrected chi connectivity index (χ2v) is 6.47. The van der Waals surface area contributed by atoms with Gasteiger partial charge in [0, 0.05) is 44.0 Å². The van der Waals surface area contributed by atoms with Crippen molar-refractivity contribution in [3.05, 3.63) is 54.6 Å². The number of likely N-dealkylation sites (tertiary alicyclic amines) is 1. The maximum Gasteiger partial charge on any atom is 0.225 e. The quantitative estimate of drug-likeness (QED) is 0.713. The number of hydrogen-bond acceptors (Lipinski definition) is 5. The number of piperidine rings is 1. The molecule has 7 heteroatoms. The Balaban J connectivity index is 1.41. The molecule has 1 aliphatic heterocycles. The monoisotopic (exact) mass is 368 g/mol. The summed E-state index contributed by atoms with van der Waals surface area (Å²) in [6, 6.07) is 9.37. The lowest BCUT2D eigenvalue weighted by Gasteiger charge is -2.32. The summed E-state index contributed by atoms with van der Waals surface area (Å²) in [5, 5.41) is 2.90. The fraction of sp³-hybridized carbons (Fsp3) is 0.400. The maximum atomic E-state index is 12.4. The van der Waals surface area contributed by atoms with Gasteiger partial charge in [-0.05, 0) is 30.7 Å². The van der Waals surface area contributed by atoms with Crippen molar-refractivity contribution in [2.75, 3.05) is 26.2 Å². The van der Waals surface area contributed by atoms with Crippen LogP contribution in [0, 0.1) is 5.92 Å². The average Bonchev–Trinajstić information content (AvgIpc) is 2.72. The molecule has 0 spiro atoms. The standard InChI is InChI=1S/C20H24N4O3/c25-19-7-6-16(15-24(19)12-8-17-4-1-2-10-22-17)20(26)23-11-13-27-18-5-3-9-21-14-18/h1-5,9-10,14,16H,6-8,11-13,15H2,(H,23,26). The number of carbonyl (C=O) groups is 2. The number of hydrogen-bond donors (Lipinski definition) is 1. The lowest BCUT2D eigenvalue weighted by Crippen LogP contribution is -2.46. The van der Waals surface area contributed by atoms with E-state index in [0.29, 0.717) is 51.3 Å². The van der Waals surface area contributed by atoms with Gasteiger partial charge in [-0.3, -0.25) is 19.6 Å². The molecule has 1 fully saturated rings. The van der Waals surface area contributed by atoms with Gasteiger partial charge in [-0.15, -0.1) is 0 Å². The molecule has 1 atom stereocenters. The Hall–Kier alpha value is -2.96. The molecule has 2 amide bonds. The number of nitrogens with zero attached hydrogens (tertiary/aromatic N) is 3. The minimum absolute atomic E-state index is 0.0277. The van der Waals surface area contributed by atoms with Gasteiger partial charge in [0.1, 0.15) is 12.4 Å². The largest absolute Gasteiger partial charge is 0.490 e. The number of amides is 2. The van der Waals surface area contributed by atoms with Gasteiger partial charge in [-0.2, -0.15) is 0 Å². The molecule has 0 aliphatic carbocycles. The third-order valence-corrected chi connectivity index (χ3v) is 4.54. The summed E-state index contributed by atoms with van der Waals surface area (Å²) in [6.07, 6.45) is 6.75. The molecule has 1 saturated heterocycles. The minimum Gasteiger partial charge on any atom is -0.490 e. The van der Waals surface area contributed by atoms with Crippen LogP contribution in [-0.2, 0) is 16.0 Å². The lowest BCUT2D eigenvalue weighted by molar-refractivity contribution is -0.138. The molecule has 0 bridgehead atoms. The van der Waals surface area contributed by atoms with Crippen LogP contribution in [0.3, 0.4) is 0 Å². The molecule has 142 valence electrons. The van der Waals surface area contributed by atoms with Crippen LogP contribution in [-0.4, -0.2) is 52.9 Å². The first-order chi connectivity index (χ1) is 13.2. The smallest absolute Gasteiger partial charge is 0.225 e. The Morgan fingerprint density at radius 3 is 2.96 bits per heavy atom. The van der Waals surface area contributed by atoms with Crippen LogP contribution in [0.1, 0.15) is 18.5 Å². The molecule has 1 aliphatic rings. The zero-order valence-corrected chi connectivity index (χ0v) is 15.2. The predicted octanol–water partition coefficient (Wildman–Crippen LogP) is 1.45. The van der Waals surface area contributed by atoms with E-state index in [1.54, 1.807) is 29.6 Å². The van der Waals surface area contributed by atoms with Crippen LogP contribution in [0.2, 0.25) is 0 Å². The average molecular weight is 368 g/mol. The van der Waals surface area contributed by atoms with Gasteiger partial charge in [0.25, 0.3) is 0 Å². The lowest BCUT2D eigenvalue weighted by atomic mass is 9.96. The number of pyridine rings is 2. The van der Waals surface area contributed by atoms with Crippen molar-refractivity contribution in [1.29, 1.82) is 0 Å². The molecule has 2 aromatic heterocycles. The molecule has 1 unspecified atom stereocenters. The first-order valence-corrected chi connectivity index (χ1v) is 9.20. The number of carbonyl (C=O) groups excluding carboxylic acids is 2. The SMILES string of the molecule is O=C(NCCOc1cccnc1)C1CCC(=O)N(CCc2ccccn2)C1.